The molecule has 0 bridgehead atoms. The van der Waals surface area contributed by atoms with E-state index in [4.69, 9.17) is 0 Å². The highest BCUT2D eigenvalue weighted by molar-refractivity contribution is 5.80. The largest absolute Gasteiger partial charge is 0.353 e. The van der Waals surface area contributed by atoms with E-state index < -0.39 is 11.6 Å². The fraction of sp³-hybridized carbons (Fsp3) is 0.417. The van der Waals surface area contributed by atoms with Gasteiger partial charge in [-0.1, -0.05) is 13.0 Å². The molecule has 1 aliphatic heterocycles. The Morgan fingerprint density at radius 3 is 2.81 bits per heavy atom. The number of carbonyl (C=O) groups excluding carboxylic acids is 1. The van der Waals surface area contributed by atoms with Crippen LogP contribution < -0.4 is 5.32 Å². The summed E-state index contributed by atoms with van der Waals surface area (Å²) in [5.41, 5.74) is 0.423. The van der Waals surface area contributed by atoms with Crippen molar-refractivity contribution in [2.24, 2.45) is 0 Å². The van der Waals surface area contributed by atoms with Crippen LogP contribution in [0.5, 0.6) is 0 Å². The molecule has 4 heteroatoms. The topological polar surface area (TPSA) is 29.1 Å². The van der Waals surface area contributed by atoms with Gasteiger partial charge in [0.05, 0.1) is 0 Å². The van der Waals surface area contributed by atoms with Crippen molar-refractivity contribution >= 4 is 5.91 Å². The molecule has 16 heavy (non-hydrogen) atoms. The molecule has 1 heterocycles. The lowest BCUT2D eigenvalue weighted by Gasteiger charge is -2.17. The minimum Gasteiger partial charge on any atom is -0.353 e. The van der Waals surface area contributed by atoms with Crippen molar-refractivity contribution in [2.45, 2.75) is 31.7 Å². The number of benzene rings is 1. The number of amides is 1. The normalized spacial score (nSPS) is 24.6. The molecule has 0 aromatic heterocycles. The molecule has 1 aromatic carbocycles. The zero-order valence-electron chi connectivity index (χ0n) is 8.97. The number of hydrogen-bond donors (Lipinski definition) is 1. The quantitative estimate of drug-likeness (QED) is 0.822. The van der Waals surface area contributed by atoms with Crippen LogP contribution in [0.25, 0.3) is 0 Å². The van der Waals surface area contributed by atoms with Crippen molar-refractivity contribution in [3.05, 3.63) is 35.4 Å². The Morgan fingerprint density at radius 2 is 2.19 bits per heavy atom. The third-order valence-electron chi connectivity index (χ3n) is 3.04. The predicted octanol–water partition coefficient (Wildman–Crippen LogP) is 2.35. The average Bonchev–Trinajstić information content (AvgIpc) is 2.59. The molecular weight excluding hydrogens is 212 g/mol. The lowest BCUT2D eigenvalue weighted by atomic mass is 9.90. The summed E-state index contributed by atoms with van der Waals surface area (Å²) in [4.78, 5) is 11.3. The lowest BCUT2D eigenvalue weighted by Crippen LogP contribution is -2.27. The molecule has 0 saturated carbocycles. The van der Waals surface area contributed by atoms with Crippen molar-refractivity contribution in [3.63, 3.8) is 0 Å². The fourth-order valence-electron chi connectivity index (χ4n) is 2.22. The van der Waals surface area contributed by atoms with Gasteiger partial charge in [0.1, 0.15) is 11.6 Å². The Hall–Kier alpha value is -1.45. The van der Waals surface area contributed by atoms with Gasteiger partial charge in [-0.05, 0) is 18.1 Å². The van der Waals surface area contributed by atoms with Gasteiger partial charge in [-0.25, -0.2) is 8.78 Å². The molecule has 1 aliphatic rings. The molecule has 1 aromatic rings. The highest BCUT2D eigenvalue weighted by Gasteiger charge is 2.33. The second-order valence-corrected chi connectivity index (χ2v) is 4.06. The average molecular weight is 225 g/mol. The first kappa shape index (κ1) is 11.0. The Bertz CT molecular complexity index is 419. The highest BCUT2D eigenvalue weighted by Crippen LogP contribution is 2.31. The van der Waals surface area contributed by atoms with Crippen LogP contribution in [0.15, 0.2) is 18.2 Å². The van der Waals surface area contributed by atoms with Crippen LogP contribution in [0, 0.1) is 11.6 Å². The second kappa shape index (κ2) is 4.20. The first-order valence-corrected chi connectivity index (χ1v) is 5.36. The summed E-state index contributed by atoms with van der Waals surface area (Å²) in [6, 6.07) is 3.48. The van der Waals surface area contributed by atoms with E-state index in [1.165, 1.54) is 12.1 Å². The van der Waals surface area contributed by atoms with Gasteiger partial charge in [-0.3, -0.25) is 4.79 Å². The lowest BCUT2D eigenvalue weighted by molar-refractivity contribution is -0.119. The predicted molar refractivity (Wildman–Crippen MR) is 55.9 cm³/mol. The van der Waals surface area contributed by atoms with E-state index in [2.05, 4.69) is 5.32 Å². The molecule has 0 spiro atoms. The Morgan fingerprint density at radius 1 is 1.44 bits per heavy atom. The second-order valence-electron chi connectivity index (χ2n) is 4.06. The van der Waals surface area contributed by atoms with Crippen molar-refractivity contribution in [3.8, 4) is 0 Å². The molecule has 2 unspecified atom stereocenters. The summed E-state index contributed by atoms with van der Waals surface area (Å²) in [6.45, 7) is 1.94. The molecule has 0 aliphatic carbocycles. The van der Waals surface area contributed by atoms with Gasteiger partial charge >= 0.3 is 0 Å². The summed E-state index contributed by atoms with van der Waals surface area (Å²) in [6.07, 6.45) is 1.02. The molecule has 1 saturated heterocycles. The van der Waals surface area contributed by atoms with E-state index in [0.29, 0.717) is 5.56 Å². The van der Waals surface area contributed by atoms with E-state index in [1.54, 1.807) is 0 Å². The van der Waals surface area contributed by atoms with Crippen LogP contribution in [-0.2, 0) is 4.79 Å². The Labute approximate surface area is 92.7 Å². The van der Waals surface area contributed by atoms with Crippen LogP contribution in [-0.4, -0.2) is 11.9 Å². The zero-order valence-corrected chi connectivity index (χ0v) is 8.97. The molecule has 2 rings (SSSR count). The Kier molecular flexibility index (Phi) is 2.90. The van der Waals surface area contributed by atoms with Gasteiger partial charge in [0.25, 0.3) is 0 Å². The minimum atomic E-state index is -0.591. The van der Waals surface area contributed by atoms with Crippen molar-refractivity contribution in [2.75, 3.05) is 0 Å². The van der Waals surface area contributed by atoms with Gasteiger partial charge in [-0.2, -0.15) is 0 Å². The number of hydrogen-bond acceptors (Lipinski definition) is 1. The maximum atomic E-state index is 13.6. The monoisotopic (exact) mass is 225 g/mol. The van der Waals surface area contributed by atoms with E-state index in [0.717, 1.165) is 12.5 Å². The molecule has 86 valence electrons. The summed E-state index contributed by atoms with van der Waals surface area (Å²) in [7, 11) is 0. The van der Waals surface area contributed by atoms with Crippen LogP contribution in [0.2, 0.25) is 0 Å². The van der Waals surface area contributed by atoms with E-state index >= 15 is 0 Å². The summed E-state index contributed by atoms with van der Waals surface area (Å²) < 4.78 is 26.3. The van der Waals surface area contributed by atoms with Gasteiger partial charge in [0, 0.05) is 24.4 Å². The molecule has 2 atom stereocenters. The zero-order chi connectivity index (χ0) is 11.7. The number of rotatable bonds is 2. The first-order valence-electron chi connectivity index (χ1n) is 5.36. The number of nitrogens with one attached hydrogen (secondary N) is 1. The van der Waals surface area contributed by atoms with Crippen LogP contribution in [0.4, 0.5) is 8.78 Å². The summed E-state index contributed by atoms with van der Waals surface area (Å²) in [5, 5.41) is 2.79. The van der Waals surface area contributed by atoms with Gasteiger partial charge in [0.15, 0.2) is 0 Å². The molecule has 1 N–H and O–H groups in total. The molecular formula is C12H13F2NO. The van der Waals surface area contributed by atoms with Gasteiger partial charge in [-0.15, -0.1) is 0 Å². The van der Waals surface area contributed by atoms with E-state index in [1.807, 2.05) is 6.92 Å². The van der Waals surface area contributed by atoms with Gasteiger partial charge in [0.2, 0.25) is 5.91 Å². The third-order valence-corrected chi connectivity index (χ3v) is 3.04. The van der Waals surface area contributed by atoms with E-state index in [9.17, 15) is 13.6 Å². The summed E-state index contributed by atoms with van der Waals surface area (Å²) in [5.74, 6) is -1.41. The SMILES string of the molecule is CCC1NC(=O)CC1c1ccc(F)cc1F. The first-order chi connectivity index (χ1) is 7.61. The standard InChI is InChI=1S/C12H13F2NO/c1-2-11-9(6-12(16)15-11)8-4-3-7(13)5-10(8)14/h3-5,9,11H,2,6H2,1H3,(H,15,16). The third kappa shape index (κ3) is 1.92. The van der Waals surface area contributed by atoms with Crippen molar-refractivity contribution < 1.29 is 13.6 Å². The van der Waals surface area contributed by atoms with E-state index in [-0.39, 0.29) is 24.3 Å². The van der Waals surface area contributed by atoms with Crippen LogP contribution in [0.1, 0.15) is 31.2 Å². The Balaban J connectivity index is 2.32. The highest BCUT2D eigenvalue weighted by atomic mass is 19.1. The molecule has 2 nitrogen and oxygen atoms in total. The number of halogens is 2. The van der Waals surface area contributed by atoms with Crippen LogP contribution >= 0.6 is 0 Å². The van der Waals surface area contributed by atoms with Gasteiger partial charge < -0.3 is 5.32 Å². The summed E-state index contributed by atoms with van der Waals surface area (Å²) >= 11 is 0. The maximum absolute atomic E-state index is 13.6. The maximum Gasteiger partial charge on any atom is 0.220 e. The number of carbonyl (C=O) groups is 1. The van der Waals surface area contributed by atoms with Crippen molar-refractivity contribution in [1.29, 1.82) is 0 Å². The fourth-order valence-corrected chi connectivity index (χ4v) is 2.22. The smallest absolute Gasteiger partial charge is 0.220 e. The minimum absolute atomic E-state index is 0.0486. The molecule has 1 fully saturated rings. The van der Waals surface area contributed by atoms with Crippen molar-refractivity contribution in [1.82, 2.24) is 5.32 Å². The molecule has 1 amide bonds. The van der Waals surface area contributed by atoms with Crippen LogP contribution in [0.3, 0.4) is 0 Å². The molecule has 0 radical (unpaired) electrons.